The van der Waals surface area contributed by atoms with Crippen molar-refractivity contribution in [1.82, 2.24) is 42.5 Å². The van der Waals surface area contributed by atoms with E-state index in [0.717, 1.165) is 84.7 Å². The van der Waals surface area contributed by atoms with E-state index in [0.29, 0.717) is 25.4 Å². The quantitative estimate of drug-likeness (QED) is 0.0118. The second-order valence-corrected chi connectivity index (χ2v) is 22.6. The highest BCUT2D eigenvalue weighted by Crippen LogP contribution is 2.16. The molecule has 476 valence electrons. The van der Waals surface area contributed by atoms with Gasteiger partial charge in [0, 0.05) is 58.5 Å². The van der Waals surface area contributed by atoms with Crippen molar-refractivity contribution in [3.8, 4) is 0 Å². The van der Waals surface area contributed by atoms with Crippen LogP contribution in [0.15, 0.2) is 0 Å². The Morgan fingerprint density at radius 1 is 0.342 bits per heavy atom. The van der Waals surface area contributed by atoms with Gasteiger partial charge in [-0.25, -0.2) is 10.1 Å². The van der Waals surface area contributed by atoms with Crippen LogP contribution < -0.4 is 42.5 Å². The average molecular weight is 1130 g/mol. The summed E-state index contributed by atoms with van der Waals surface area (Å²) in [6, 6.07) is 0. The van der Waals surface area contributed by atoms with Gasteiger partial charge in [-0.05, 0) is 98.1 Å². The number of hydrogen-bond acceptors (Lipinski definition) is 13. The summed E-state index contributed by atoms with van der Waals surface area (Å²) in [4.78, 5) is 27.6. The van der Waals surface area contributed by atoms with Gasteiger partial charge >= 0.3 is 0 Å². The molecule has 12 N–H and O–H groups in total. The van der Waals surface area contributed by atoms with Crippen molar-refractivity contribution >= 4 is 11.8 Å². The van der Waals surface area contributed by atoms with Crippen molar-refractivity contribution in [3.05, 3.63) is 0 Å². The van der Waals surface area contributed by atoms with Crippen molar-refractivity contribution in [3.63, 3.8) is 0 Å². The van der Waals surface area contributed by atoms with Gasteiger partial charge in [-0.2, -0.15) is 0 Å². The Balaban J connectivity index is -0.00000147. The maximum Gasteiger partial charge on any atom is 0.219 e. The number of carbonyl (C=O) groups excluding carboxylic acids is 2. The van der Waals surface area contributed by atoms with Crippen LogP contribution in [0, 0.1) is 0 Å². The zero-order chi connectivity index (χ0) is 58.3. The van der Waals surface area contributed by atoms with Gasteiger partial charge in [0.15, 0.2) is 6.29 Å². The van der Waals surface area contributed by atoms with E-state index >= 15 is 0 Å². The van der Waals surface area contributed by atoms with E-state index in [1.54, 1.807) is 0 Å². The minimum absolute atomic E-state index is 0.00769. The van der Waals surface area contributed by atoms with Crippen LogP contribution in [0.5, 0.6) is 0 Å². The fourth-order valence-electron chi connectivity index (χ4n) is 9.89. The molecule has 0 aliphatic carbocycles. The minimum Gasteiger partial charge on any atom is -0.366 e. The highest BCUT2D eigenvalue weighted by molar-refractivity contribution is 5.76. The van der Waals surface area contributed by atoms with E-state index in [1.807, 2.05) is 14.1 Å². The summed E-state index contributed by atoms with van der Waals surface area (Å²) in [7, 11) is 4.00. The second kappa shape index (κ2) is 76.5. The van der Waals surface area contributed by atoms with E-state index in [4.69, 9.17) is 20.9 Å². The van der Waals surface area contributed by atoms with E-state index < -0.39 is 6.29 Å². The van der Waals surface area contributed by atoms with Crippen molar-refractivity contribution in [2.45, 2.75) is 322 Å². The molecule has 0 spiro atoms. The topological polar surface area (TPSA) is 221 Å². The van der Waals surface area contributed by atoms with E-state index in [2.05, 4.69) is 61.3 Å². The normalized spacial score (nSPS) is 11.6. The molecular formula is C64H138N8O7. The predicted molar refractivity (Wildman–Crippen MR) is 338 cm³/mol. The molecule has 0 rings (SSSR count). The van der Waals surface area contributed by atoms with Gasteiger partial charge < -0.3 is 47.6 Å². The van der Waals surface area contributed by atoms with Crippen LogP contribution in [-0.2, 0) is 14.5 Å². The number of hydrogen-bond donors (Lipinski definition) is 12. The lowest BCUT2D eigenvalue weighted by Crippen LogP contribution is -2.43. The maximum absolute atomic E-state index is 12.2. The van der Waals surface area contributed by atoms with Crippen molar-refractivity contribution in [2.75, 3.05) is 79.5 Å². The maximum atomic E-state index is 12.2. The number of carbonyl (C=O) groups is 2. The molecule has 0 aromatic rings. The lowest BCUT2D eigenvalue weighted by molar-refractivity contribution is -0.335. The van der Waals surface area contributed by atoms with Crippen LogP contribution in [0.3, 0.4) is 0 Å². The molecule has 2 amide bonds. The van der Waals surface area contributed by atoms with Crippen LogP contribution >= 0.6 is 0 Å². The zero-order valence-corrected chi connectivity index (χ0v) is 52.8. The zero-order valence-electron chi connectivity index (χ0n) is 52.8. The van der Waals surface area contributed by atoms with Crippen molar-refractivity contribution < 1.29 is 35.4 Å². The first-order chi connectivity index (χ1) is 38.9. The Kier molecular flexibility index (Phi) is 79.1. The largest absolute Gasteiger partial charge is 0.366 e. The molecule has 0 radical (unpaired) electrons. The summed E-state index contributed by atoms with van der Waals surface area (Å²) in [5, 5.41) is 56.2. The number of aliphatic hydroxyl groups is 1. The molecule has 0 aromatic heterocycles. The number of aliphatic hydroxyl groups excluding tert-OH is 1. The van der Waals surface area contributed by atoms with Gasteiger partial charge in [-0.15, -0.1) is 0 Å². The molecule has 1 atom stereocenters. The SMILES string of the molecule is CCCCCCCCCCCCCCC(=O)NCCCCCCC(NCCCCNCCNC)NCCCCNCCNC.CCCCCCCCCCCCCCCCCCCCCCCNC(=O)CCC[C@@H](O)OO.OO. The summed E-state index contributed by atoms with van der Waals surface area (Å²) in [5.74, 6) is 0.258. The molecule has 0 aliphatic rings. The van der Waals surface area contributed by atoms with Crippen LogP contribution in [0.2, 0.25) is 0 Å². The standard InChI is InChI=1S/C36H79N7O.C28H57NO4.H2O2/c1-4-5-6-7-8-9-10-11-12-13-14-18-25-36(44)43-30-19-16-15-17-24-35(41-28-22-20-26-39-33-31-37-2)42-29-23-21-27-40-34-32-38-3;1-2-3-4-5-6-7-8-9-10-11-12-13-14-15-16-17-18-19-20-21-22-26-29-27(30)24-23-25-28(31)33-32;1-2/h35,37-42H,4-34H2,1-3H3,(H,43,44);28,31-32H,2-26H2,1H3,(H,29,30);1-2H/t;28-;/m.0./s1. The van der Waals surface area contributed by atoms with Crippen LogP contribution in [-0.4, -0.2) is 125 Å². The van der Waals surface area contributed by atoms with Gasteiger partial charge in [-0.3, -0.25) is 20.1 Å². The number of nitrogens with one attached hydrogen (secondary N) is 8. The van der Waals surface area contributed by atoms with Gasteiger partial charge in [0.2, 0.25) is 11.8 Å². The van der Waals surface area contributed by atoms with Crippen LogP contribution in [0.25, 0.3) is 0 Å². The predicted octanol–water partition coefficient (Wildman–Crippen LogP) is 14.1. The third kappa shape index (κ3) is 76.5. The Morgan fingerprint density at radius 2 is 0.633 bits per heavy atom. The number of likely N-dealkylation sites (N-methyl/N-ethyl adjacent to an activating group) is 2. The molecule has 0 aliphatic heterocycles. The van der Waals surface area contributed by atoms with Gasteiger partial charge in [0.05, 0.1) is 6.17 Å². The summed E-state index contributed by atoms with van der Waals surface area (Å²) in [6.07, 6.45) is 56.8. The number of amides is 2. The lowest BCUT2D eigenvalue weighted by atomic mass is 10.0. The number of rotatable bonds is 65. The van der Waals surface area contributed by atoms with Gasteiger partial charge in [0.1, 0.15) is 0 Å². The molecule has 0 heterocycles. The van der Waals surface area contributed by atoms with Gasteiger partial charge in [-0.1, -0.05) is 232 Å². The molecule has 15 nitrogen and oxygen atoms in total. The fraction of sp³-hybridized carbons (Fsp3) is 0.969. The summed E-state index contributed by atoms with van der Waals surface area (Å²) in [5.41, 5.74) is 0. The minimum atomic E-state index is -1.19. The molecule has 79 heavy (non-hydrogen) atoms. The van der Waals surface area contributed by atoms with Crippen molar-refractivity contribution in [1.29, 1.82) is 0 Å². The van der Waals surface area contributed by atoms with Crippen molar-refractivity contribution in [2.24, 2.45) is 0 Å². The molecular weight excluding hydrogens is 993 g/mol. The first kappa shape index (κ1) is 81.7. The Bertz CT molecular complexity index is 1100. The smallest absolute Gasteiger partial charge is 0.219 e. The molecule has 0 saturated heterocycles. The fourth-order valence-corrected chi connectivity index (χ4v) is 9.89. The molecule has 0 unspecified atom stereocenters. The Labute approximate surface area is 489 Å². The first-order valence-corrected chi connectivity index (χ1v) is 33.8. The van der Waals surface area contributed by atoms with Crippen LogP contribution in [0.4, 0.5) is 0 Å². The molecule has 15 heteroatoms. The highest BCUT2D eigenvalue weighted by atomic mass is 17.1. The third-order valence-electron chi connectivity index (χ3n) is 15.0. The van der Waals surface area contributed by atoms with Crippen LogP contribution in [0.1, 0.15) is 309 Å². The van der Waals surface area contributed by atoms with E-state index in [-0.39, 0.29) is 18.2 Å². The first-order valence-electron chi connectivity index (χ1n) is 33.8. The second-order valence-electron chi connectivity index (χ2n) is 22.6. The summed E-state index contributed by atoms with van der Waals surface area (Å²) >= 11 is 0. The lowest BCUT2D eigenvalue weighted by Gasteiger charge is -2.21. The average Bonchev–Trinajstić information content (AvgIpc) is 3.46. The van der Waals surface area contributed by atoms with Gasteiger partial charge in [0.25, 0.3) is 0 Å². The summed E-state index contributed by atoms with van der Waals surface area (Å²) in [6.45, 7) is 14.6. The number of unbranched alkanes of at least 4 members (excludes halogenated alkanes) is 36. The highest BCUT2D eigenvalue weighted by Gasteiger charge is 2.09. The summed E-state index contributed by atoms with van der Waals surface area (Å²) < 4.78 is 0. The van der Waals surface area contributed by atoms with E-state index in [1.165, 1.54) is 250 Å². The molecule has 0 saturated carbocycles. The molecule has 0 aromatic carbocycles. The Hall–Kier alpha value is -1.50. The molecule has 0 fully saturated rings. The Morgan fingerprint density at radius 3 is 0.975 bits per heavy atom. The molecule has 0 bridgehead atoms. The monoisotopic (exact) mass is 1130 g/mol. The van der Waals surface area contributed by atoms with E-state index in [9.17, 15) is 9.59 Å². The third-order valence-corrected chi connectivity index (χ3v) is 15.0.